The van der Waals surface area contributed by atoms with Gasteiger partial charge < -0.3 is 9.64 Å². The molecule has 1 saturated heterocycles. The predicted molar refractivity (Wildman–Crippen MR) is 66.3 cm³/mol. The van der Waals surface area contributed by atoms with Gasteiger partial charge in [0, 0.05) is 19.3 Å². The molecule has 1 aliphatic heterocycles. The molecule has 0 radical (unpaired) electrons. The van der Waals surface area contributed by atoms with Gasteiger partial charge in [0.15, 0.2) is 0 Å². The molecular weight excluding hydrogens is 216 g/mol. The summed E-state index contributed by atoms with van der Waals surface area (Å²) >= 11 is 0. The summed E-state index contributed by atoms with van der Waals surface area (Å²) in [5.74, 6) is -0.293. The highest BCUT2D eigenvalue weighted by molar-refractivity contribution is 5.90. The average molecular weight is 234 g/mol. The number of ether oxygens (including phenoxy) is 1. The molecule has 0 spiro atoms. The van der Waals surface area contributed by atoms with Crippen LogP contribution in [0.3, 0.4) is 0 Å². The fourth-order valence-corrected chi connectivity index (χ4v) is 2.08. The zero-order chi connectivity index (χ0) is 12.1. The minimum Gasteiger partial charge on any atom is -0.462 e. The molecule has 1 aromatic heterocycles. The molecule has 1 fully saturated rings. The Kier molecular flexibility index (Phi) is 3.96. The fraction of sp³-hybridized carbons (Fsp3) is 0.538. The number of piperidine rings is 1. The monoisotopic (exact) mass is 234 g/mol. The molecule has 0 atom stereocenters. The summed E-state index contributed by atoms with van der Waals surface area (Å²) in [7, 11) is 0. The number of pyridine rings is 1. The van der Waals surface area contributed by atoms with Crippen LogP contribution in [0.15, 0.2) is 18.5 Å². The third kappa shape index (κ3) is 2.96. The molecule has 1 aromatic rings. The number of rotatable bonds is 3. The van der Waals surface area contributed by atoms with Gasteiger partial charge >= 0.3 is 5.97 Å². The molecule has 0 aromatic carbocycles. The van der Waals surface area contributed by atoms with Crippen molar-refractivity contribution in [1.82, 2.24) is 4.98 Å². The van der Waals surface area contributed by atoms with Gasteiger partial charge in [-0.15, -0.1) is 0 Å². The Labute approximate surface area is 102 Å². The van der Waals surface area contributed by atoms with Gasteiger partial charge in [-0.3, -0.25) is 4.98 Å². The van der Waals surface area contributed by atoms with E-state index in [9.17, 15) is 4.79 Å². The Bertz CT molecular complexity index is 387. The maximum absolute atomic E-state index is 11.6. The molecule has 2 rings (SSSR count). The van der Waals surface area contributed by atoms with Crippen LogP contribution in [0.2, 0.25) is 0 Å². The van der Waals surface area contributed by atoms with E-state index in [2.05, 4.69) is 9.88 Å². The van der Waals surface area contributed by atoms with Crippen molar-refractivity contribution in [2.45, 2.75) is 26.2 Å². The number of aromatic nitrogens is 1. The van der Waals surface area contributed by atoms with Gasteiger partial charge in [-0.25, -0.2) is 4.79 Å². The summed E-state index contributed by atoms with van der Waals surface area (Å²) in [5, 5.41) is 0. The lowest BCUT2D eigenvalue weighted by Crippen LogP contribution is -2.29. The van der Waals surface area contributed by atoms with Crippen molar-refractivity contribution >= 4 is 11.7 Å². The van der Waals surface area contributed by atoms with E-state index < -0.39 is 0 Å². The molecule has 2 heterocycles. The lowest BCUT2D eigenvalue weighted by Gasteiger charge is -2.28. The number of carbonyl (C=O) groups excluding carboxylic acids is 1. The number of hydrogen-bond acceptors (Lipinski definition) is 4. The Balaban J connectivity index is 2.12. The van der Waals surface area contributed by atoms with E-state index >= 15 is 0 Å². The van der Waals surface area contributed by atoms with Gasteiger partial charge in [0.1, 0.15) is 0 Å². The molecule has 1 aliphatic rings. The topological polar surface area (TPSA) is 42.4 Å². The van der Waals surface area contributed by atoms with Crippen LogP contribution in [0.4, 0.5) is 5.69 Å². The molecule has 0 bridgehead atoms. The number of carbonyl (C=O) groups is 1. The van der Waals surface area contributed by atoms with Crippen LogP contribution in [0.25, 0.3) is 0 Å². The molecule has 4 heteroatoms. The minimum absolute atomic E-state index is 0.293. The molecule has 92 valence electrons. The lowest BCUT2D eigenvalue weighted by molar-refractivity contribution is 0.0526. The minimum atomic E-state index is -0.293. The summed E-state index contributed by atoms with van der Waals surface area (Å²) in [4.78, 5) is 18.0. The van der Waals surface area contributed by atoms with E-state index in [1.807, 2.05) is 12.3 Å². The van der Waals surface area contributed by atoms with Crippen LogP contribution in [0.1, 0.15) is 36.5 Å². The van der Waals surface area contributed by atoms with Crippen LogP contribution < -0.4 is 4.90 Å². The third-order valence-corrected chi connectivity index (χ3v) is 2.96. The fourth-order valence-electron chi connectivity index (χ4n) is 2.08. The molecule has 0 N–H and O–H groups in total. The lowest BCUT2D eigenvalue weighted by atomic mass is 10.1. The Morgan fingerprint density at radius 2 is 2.12 bits per heavy atom. The van der Waals surface area contributed by atoms with Crippen molar-refractivity contribution < 1.29 is 9.53 Å². The molecular formula is C13H18N2O2. The van der Waals surface area contributed by atoms with Crippen molar-refractivity contribution in [2.24, 2.45) is 0 Å². The summed E-state index contributed by atoms with van der Waals surface area (Å²) in [5.41, 5.74) is 1.56. The van der Waals surface area contributed by atoms with Crippen molar-refractivity contribution in [3.8, 4) is 0 Å². The largest absolute Gasteiger partial charge is 0.462 e. The van der Waals surface area contributed by atoms with Gasteiger partial charge in [-0.05, 0) is 32.3 Å². The predicted octanol–water partition coefficient (Wildman–Crippen LogP) is 2.25. The van der Waals surface area contributed by atoms with Crippen molar-refractivity contribution in [3.63, 3.8) is 0 Å². The first kappa shape index (κ1) is 11.9. The highest BCUT2D eigenvalue weighted by atomic mass is 16.5. The maximum Gasteiger partial charge on any atom is 0.339 e. The first-order chi connectivity index (χ1) is 8.31. The Hall–Kier alpha value is -1.58. The Morgan fingerprint density at radius 1 is 1.35 bits per heavy atom. The summed E-state index contributed by atoms with van der Waals surface area (Å²) in [6, 6.07) is 1.87. The van der Waals surface area contributed by atoms with Crippen molar-refractivity contribution in [1.29, 1.82) is 0 Å². The molecule has 0 aliphatic carbocycles. The van der Waals surface area contributed by atoms with Crippen LogP contribution in [0, 0.1) is 0 Å². The van der Waals surface area contributed by atoms with Crippen molar-refractivity contribution in [2.75, 3.05) is 24.6 Å². The zero-order valence-electron chi connectivity index (χ0n) is 10.2. The van der Waals surface area contributed by atoms with E-state index in [0.29, 0.717) is 12.2 Å². The normalized spacial score (nSPS) is 15.7. The van der Waals surface area contributed by atoms with Gasteiger partial charge in [0.25, 0.3) is 0 Å². The second-order valence-corrected chi connectivity index (χ2v) is 4.20. The van der Waals surface area contributed by atoms with Crippen molar-refractivity contribution in [3.05, 3.63) is 24.0 Å². The van der Waals surface area contributed by atoms with E-state index in [1.165, 1.54) is 19.3 Å². The van der Waals surface area contributed by atoms with E-state index in [0.717, 1.165) is 18.8 Å². The standard InChI is InChI=1S/C13H18N2O2/c1-2-17-13(16)11-8-12(10-14-9-11)15-6-4-3-5-7-15/h8-10H,2-7H2,1H3. The third-order valence-electron chi connectivity index (χ3n) is 2.96. The second-order valence-electron chi connectivity index (χ2n) is 4.20. The van der Waals surface area contributed by atoms with Gasteiger partial charge in [0.05, 0.1) is 24.1 Å². The average Bonchev–Trinajstić information content (AvgIpc) is 2.40. The number of anilines is 1. The molecule has 0 saturated carbocycles. The number of hydrogen-bond donors (Lipinski definition) is 0. The molecule has 0 amide bonds. The molecule has 17 heavy (non-hydrogen) atoms. The van der Waals surface area contributed by atoms with Crippen LogP contribution in [-0.2, 0) is 4.74 Å². The SMILES string of the molecule is CCOC(=O)c1cncc(N2CCCCC2)c1. The van der Waals surface area contributed by atoms with Gasteiger partial charge in [-0.2, -0.15) is 0 Å². The second kappa shape index (κ2) is 5.66. The number of nitrogens with zero attached hydrogens (tertiary/aromatic N) is 2. The molecule has 4 nitrogen and oxygen atoms in total. The number of esters is 1. The smallest absolute Gasteiger partial charge is 0.339 e. The quantitative estimate of drug-likeness (QED) is 0.752. The maximum atomic E-state index is 11.6. The Morgan fingerprint density at radius 3 is 2.82 bits per heavy atom. The van der Waals surface area contributed by atoms with E-state index in [1.54, 1.807) is 13.1 Å². The van der Waals surface area contributed by atoms with Gasteiger partial charge in [-0.1, -0.05) is 0 Å². The van der Waals surface area contributed by atoms with Crippen LogP contribution in [0.5, 0.6) is 0 Å². The van der Waals surface area contributed by atoms with E-state index in [4.69, 9.17) is 4.74 Å². The van der Waals surface area contributed by atoms with E-state index in [-0.39, 0.29) is 5.97 Å². The molecule has 0 unspecified atom stereocenters. The zero-order valence-corrected chi connectivity index (χ0v) is 10.2. The highest BCUT2D eigenvalue weighted by Gasteiger charge is 2.14. The first-order valence-electron chi connectivity index (χ1n) is 6.18. The summed E-state index contributed by atoms with van der Waals surface area (Å²) in [6.45, 7) is 4.30. The van der Waals surface area contributed by atoms with Gasteiger partial charge in [0.2, 0.25) is 0 Å². The highest BCUT2D eigenvalue weighted by Crippen LogP contribution is 2.20. The first-order valence-corrected chi connectivity index (χ1v) is 6.18. The summed E-state index contributed by atoms with van der Waals surface area (Å²) in [6.07, 6.45) is 7.09. The van der Waals surface area contributed by atoms with Crippen LogP contribution in [-0.4, -0.2) is 30.6 Å². The van der Waals surface area contributed by atoms with Crippen LogP contribution >= 0.6 is 0 Å². The summed E-state index contributed by atoms with van der Waals surface area (Å²) < 4.78 is 4.97.